The summed E-state index contributed by atoms with van der Waals surface area (Å²) in [7, 11) is 1.48. The summed E-state index contributed by atoms with van der Waals surface area (Å²) in [5, 5.41) is 4.25. The lowest BCUT2D eigenvalue weighted by Crippen LogP contribution is -2.09. The number of carbonyl (C=O) groups excluding carboxylic acids is 2. The molecule has 3 heterocycles. The molecule has 3 aromatic heterocycles. The molecule has 4 rings (SSSR count). The Morgan fingerprint density at radius 2 is 1.86 bits per heavy atom. The second-order valence-electron chi connectivity index (χ2n) is 6.84. The summed E-state index contributed by atoms with van der Waals surface area (Å²) in [6.45, 7) is 5.77. The Morgan fingerprint density at radius 3 is 2.57 bits per heavy atom. The Kier molecular flexibility index (Phi) is 10.1. The number of halogens is 3. The molecular formula is C24H23ClF2N4O4. The highest BCUT2D eigenvalue weighted by Gasteiger charge is 2.16. The van der Waals surface area contributed by atoms with E-state index in [1.54, 1.807) is 12.3 Å². The van der Waals surface area contributed by atoms with Gasteiger partial charge in [-0.2, -0.15) is 0 Å². The summed E-state index contributed by atoms with van der Waals surface area (Å²) in [6.07, 6.45) is 4.76. The number of hydrogen-bond donors (Lipinski definition) is 2. The van der Waals surface area contributed by atoms with Gasteiger partial charge in [0.15, 0.2) is 5.82 Å². The molecule has 0 unspecified atom stereocenters. The van der Waals surface area contributed by atoms with E-state index in [0.29, 0.717) is 22.2 Å². The van der Waals surface area contributed by atoms with Crippen LogP contribution in [0, 0.1) is 18.6 Å². The van der Waals surface area contributed by atoms with E-state index in [-0.39, 0.29) is 24.4 Å². The number of aromatic amines is 1. The number of H-pyrrole nitrogens is 1. The Balaban J connectivity index is 0.00000103. The first-order chi connectivity index (χ1) is 17.0. The van der Waals surface area contributed by atoms with Crippen molar-refractivity contribution in [2.75, 3.05) is 12.4 Å². The largest absolute Gasteiger partial charge is 0.487 e. The van der Waals surface area contributed by atoms with E-state index in [9.17, 15) is 4.39 Å². The van der Waals surface area contributed by atoms with Crippen molar-refractivity contribution in [1.82, 2.24) is 15.0 Å². The average Bonchev–Trinajstić information content (AvgIpc) is 3.37. The normalized spacial score (nSPS) is 9.97. The molecule has 0 aliphatic rings. The fraction of sp³-hybridized carbons (Fsp3) is 0.167. The van der Waals surface area contributed by atoms with Crippen LogP contribution in [0.2, 0.25) is 5.02 Å². The molecule has 0 spiro atoms. The molecule has 0 aliphatic heterocycles. The highest BCUT2D eigenvalue weighted by Crippen LogP contribution is 2.28. The highest BCUT2D eigenvalue weighted by atomic mass is 35.5. The summed E-state index contributed by atoms with van der Waals surface area (Å²) >= 11 is 5.98. The second-order valence-corrected chi connectivity index (χ2v) is 7.28. The average molecular weight is 505 g/mol. The van der Waals surface area contributed by atoms with Crippen LogP contribution >= 0.6 is 11.6 Å². The molecule has 11 heteroatoms. The first kappa shape index (κ1) is 27.2. The number of ether oxygens (including phenoxy) is 2. The third kappa shape index (κ3) is 6.30. The lowest BCUT2D eigenvalue weighted by atomic mass is 10.1. The van der Waals surface area contributed by atoms with E-state index in [4.69, 9.17) is 30.7 Å². The molecule has 0 aliphatic carbocycles. The van der Waals surface area contributed by atoms with Crippen molar-refractivity contribution in [3.05, 3.63) is 76.2 Å². The number of carbonyl (C=O) groups is 2. The van der Waals surface area contributed by atoms with Crippen molar-refractivity contribution in [2.24, 2.45) is 0 Å². The summed E-state index contributed by atoms with van der Waals surface area (Å²) in [5.74, 6) is -0.606. The van der Waals surface area contributed by atoms with Crippen LogP contribution in [-0.4, -0.2) is 35.6 Å². The van der Waals surface area contributed by atoms with Crippen LogP contribution in [0.25, 0.3) is 11.0 Å². The molecule has 0 saturated carbocycles. The van der Waals surface area contributed by atoms with E-state index < -0.39 is 11.6 Å². The Morgan fingerprint density at radius 1 is 1.11 bits per heavy atom. The molecule has 184 valence electrons. The topological polar surface area (TPSA) is 106 Å². The van der Waals surface area contributed by atoms with Crippen molar-refractivity contribution in [3.8, 4) is 11.6 Å². The van der Waals surface area contributed by atoms with Crippen LogP contribution in [0.1, 0.15) is 16.7 Å². The summed E-state index contributed by atoms with van der Waals surface area (Å²) < 4.78 is 40.3. The first-order valence-electron chi connectivity index (χ1n) is 10.00. The number of nitrogens with zero attached hydrogens (tertiary/aromatic N) is 2. The maximum Gasteiger partial charge on any atom is 0.218 e. The van der Waals surface area contributed by atoms with Crippen LogP contribution in [0.5, 0.6) is 11.6 Å². The van der Waals surface area contributed by atoms with Gasteiger partial charge in [-0.05, 0) is 31.2 Å². The van der Waals surface area contributed by atoms with Gasteiger partial charge < -0.3 is 29.4 Å². The number of nitrogens with one attached hydrogen (secondary N) is 2. The summed E-state index contributed by atoms with van der Waals surface area (Å²) in [4.78, 5) is 27.3. The minimum absolute atomic E-state index is 0.123. The molecule has 0 radical (unpaired) electrons. The summed E-state index contributed by atoms with van der Waals surface area (Å²) in [5.41, 5.74) is 2.13. The van der Waals surface area contributed by atoms with Crippen LogP contribution in [0.3, 0.4) is 0 Å². The monoisotopic (exact) mass is 504 g/mol. The molecular weight excluding hydrogens is 482 g/mol. The Hall–Kier alpha value is -4.05. The van der Waals surface area contributed by atoms with Gasteiger partial charge in [0.05, 0.1) is 29.6 Å². The Labute approximate surface area is 205 Å². The molecule has 8 nitrogen and oxygen atoms in total. The van der Waals surface area contributed by atoms with Gasteiger partial charge in [0.25, 0.3) is 0 Å². The first-order valence-corrected chi connectivity index (χ1v) is 10.4. The molecule has 35 heavy (non-hydrogen) atoms. The number of benzene rings is 1. The zero-order valence-corrected chi connectivity index (χ0v) is 19.8. The molecule has 0 amide bonds. The fourth-order valence-electron chi connectivity index (χ4n) is 3.25. The van der Waals surface area contributed by atoms with Gasteiger partial charge in [-0.15, -0.1) is 0 Å². The van der Waals surface area contributed by atoms with E-state index in [1.165, 1.54) is 31.6 Å². The summed E-state index contributed by atoms with van der Waals surface area (Å²) in [6, 6.07) is 6.06. The molecule has 0 saturated heterocycles. The van der Waals surface area contributed by atoms with Crippen molar-refractivity contribution in [1.29, 1.82) is 0 Å². The number of pyridine rings is 2. The maximum atomic E-state index is 15.0. The number of aryl methyl sites for hydroxylation is 1. The third-order valence-electron chi connectivity index (χ3n) is 4.92. The molecule has 2 N–H and O–H groups in total. The van der Waals surface area contributed by atoms with Gasteiger partial charge in [0, 0.05) is 35.5 Å². The molecule has 0 fully saturated rings. The molecule has 1 aromatic carbocycles. The molecule has 0 bridgehead atoms. The number of hydrogen-bond acceptors (Lipinski definition) is 7. The standard InChI is InChI=1S/C22H19ClF2N4O2.2CH2O/c1-12-15-5-6-26-21(15)28-10-19(12)31-11-16-17(24)3-4-18(20(16)25)27-8-13-7-14(23)9-29-22(13)30-2;2*1-2/h3-7,9-10,27H,8,11H2,1-2H3,(H,26,28);2*1H2. The van der Waals surface area contributed by atoms with Gasteiger partial charge in [0.1, 0.15) is 37.4 Å². The van der Waals surface area contributed by atoms with Gasteiger partial charge in [-0.25, -0.2) is 18.7 Å². The van der Waals surface area contributed by atoms with E-state index in [0.717, 1.165) is 16.6 Å². The van der Waals surface area contributed by atoms with Crippen molar-refractivity contribution in [3.63, 3.8) is 0 Å². The molecule has 0 atom stereocenters. The van der Waals surface area contributed by atoms with Gasteiger partial charge in [-0.1, -0.05) is 11.6 Å². The van der Waals surface area contributed by atoms with Crippen LogP contribution in [0.15, 0.2) is 42.9 Å². The number of methoxy groups -OCH3 is 1. The number of aromatic nitrogens is 3. The lowest BCUT2D eigenvalue weighted by Gasteiger charge is -2.14. The molecule has 4 aromatic rings. The number of fused-ring (bicyclic) bond motifs is 1. The number of rotatable bonds is 7. The zero-order valence-electron chi connectivity index (χ0n) is 19.0. The fourth-order valence-corrected chi connectivity index (χ4v) is 3.43. The SMILES string of the molecule is C=O.C=O.COc1ncc(Cl)cc1CNc1ccc(F)c(COc2cnc3[nH]ccc3c2C)c1F. The Bertz CT molecular complexity index is 1280. The maximum absolute atomic E-state index is 15.0. The van der Waals surface area contributed by atoms with Gasteiger partial charge >= 0.3 is 0 Å². The van der Waals surface area contributed by atoms with E-state index in [1.807, 2.05) is 26.6 Å². The van der Waals surface area contributed by atoms with Crippen molar-refractivity contribution < 1.29 is 27.8 Å². The smallest absolute Gasteiger partial charge is 0.218 e. The number of anilines is 1. The van der Waals surface area contributed by atoms with Crippen LogP contribution in [-0.2, 0) is 22.7 Å². The van der Waals surface area contributed by atoms with Crippen LogP contribution < -0.4 is 14.8 Å². The minimum atomic E-state index is -0.734. The van der Waals surface area contributed by atoms with Gasteiger partial charge in [-0.3, -0.25) is 0 Å². The van der Waals surface area contributed by atoms with Gasteiger partial charge in [0.2, 0.25) is 5.88 Å². The minimum Gasteiger partial charge on any atom is -0.487 e. The lowest BCUT2D eigenvalue weighted by molar-refractivity contribution is -0.0987. The van der Waals surface area contributed by atoms with Crippen molar-refractivity contribution in [2.45, 2.75) is 20.1 Å². The highest BCUT2D eigenvalue weighted by molar-refractivity contribution is 6.30. The predicted molar refractivity (Wildman–Crippen MR) is 129 cm³/mol. The zero-order chi connectivity index (χ0) is 26.0. The van der Waals surface area contributed by atoms with E-state index >= 15 is 4.39 Å². The van der Waals surface area contributed by atoms with E-state index in [2.05, 4.69) is 20.3 Å². The quantitative estimate of drug-likeness (QED) is 0.363. The van der Waals surface area contributed by atoms with Crippen molar-refractivity contribution >= 4 is 41.9 Å². The third-order valence-corrected chi connectivity index (χ3v) is 5.13. The van der Waals surface area contributed by atoms with Crippen LogP contribution in [0.4, 0.5) is 14.5 Å². The predicted octanol–water partition coefficient (Wildman–Crippen LogP) is 5.03. The second kappa shape index (κ2) is 13.0.